The number of rotatable bonds is 9. The number of aromatic nitrogens is 1. The molecule has 0 radical (unpaired) electrons. The van der Waals surface area contributed by atoms with Gasteiger partial charge in [0, 0.05) is 12.6 Å². The van der Waals surface area contributed by atoms with Gasteiger partial charge in [0.05, 0.1) is 10.7 Å². The molecular formula is C29H23ClF4N2O3. The summed E-state index contributed by atoms with van der Waals surface area (Å²) in [6.07, 6.45) is -8.18. The summed E-state index contributed by atoms with van der Waals surface area (Å²) < 4.78 is 63.1. The molecule has 5 nitrogen and oxygen atoms in total. The van der Waals surface area contributed by atoms with Crippen molar-refractivity contribution < 1.29 is 31.8 Å². The minimum absolute atomic E-state index is 0.0835. The molecule has 0 saturated carbocycles. The van der Waals surface area contributed by atoms with E-state index in [1.165, 1.54) is 12.3 Å². The summed E-state index contributed by atoms with van der Waals surface area (Å²) in [5.74, 6) is -0.262. The number of aryl methyl sites for hydroxylation is 1. The van der Waals surface area contributed by atoms with Gasteiger partial charge in [0.1, 0.15) is 17.0 Å². The van der Waals surface area contributed by atoms with Gasteiger partial charge in [-0.05, 0) is 54.4 Å². The summed E-state index contributed by atoms with van der Waals surface area (Å²) in [6.45, 7) is 1.88. The normalized spacial score (nSPS) is 13.0. The summed E-state index contributed by atoms with van der Waals surface area (Å²) in [5.41, 5.74) is 0.699. The van der Waals surface area contributed by atoms with Crippen LogP contribution < -0.4 is 14.8 Å². The number of nitrogens with one attached hydrogen (secondary N) is 1. The Bertz CT molecular complexity index is 1400. The fraction of sp³-hybridized carbons (Fsp3) is 0.172. The highest BCUT2D eigenvalue weighted by molar-refractivity contribution is 6.30. The second-order valence-electron chi connectivity index (χ2n) is 8.75. The zero-order valence-electron chi connectivity index (χ0n) is 20.6. The van der Waals surface area contributed by atoms with Crippen molar-refractivity contribution in [2.45, 2.75) is 31.4 Å². The molecule has 0 aliphatic heterocycles. The van der Waals surface area contributed by atoms with Crippen LogP contribution in [-0.2, 0) is 12.0 Å². The van der Waals surface area contributed by atoms with E-state index in [1.54, 1.807) is 54.6 Å². The SMILES string of the molecule is Cc1ccc(OC(=O)N[C@](Cc2ccccc2)(c2cccc(OC(F)(F)C(F)F)c2)c2ccc(Cl)cn2)cc1. The maximum absolute atomic E-state index is 13.8. The molecule has 0 bridgehead atoms. The minimum Gasteiger partial charge on any atom is -0.428 e. The minimum atomic E-state index is -4.73. The smallest absolute Gasteiger partial charge is 0.428 e. The van der Waals surface area contributed by atoms with Crippen molar-refractivity contribution in [3.63, 3.8) is 0 Å². The van der Waals surface area contributed by atoms with Crippen LogP contribution in [0, 0.1) is 6.92 Å². The molecule has 0 spiro atoms. The van der Waals surface area contributed by atoms with E-state index in [0.29, 0.717) is 5.02 Å². The molecule has 0 aliphatic rings. The summed E-state index contributed by atoms with van der Waals surface area (Å²) in [7, 11) is 0. The molecule has 1 aromatic heterocycles. The lowest BCUT2D eigenvalue weighted by Gasteiger charge is -2.35. The summed E-state index contributed by atoms with van der Waals surface area (Å²) in [4.78, 5) is 17.7. The highest BCUT2D eigenvalue weighted by Crippen LogP contribution is 2.36. The second kappa shape index (κ2) is 11.7. The van der Waals surface area contributed by atoms with Gasteiger partial charge in [0.25, 0.3) is 0 Å². The van der Waals surface area contributed by atoms with Gasteiger partial charge in [-0.1, -0.05) is 71.8 Å². The Morgan fingerprint density at radius 2 is 1.67 bits per heavy atom. The van der Waals surface area contributed by atoms with Gasteiger partial charge in [-0.25, -0.2) is 4.79 Å². The lowest BCUT2D eigenvalue weighted by atomic mass is 9.80. The number of halogens is 5. The molecule has 202 valence electrons. The lowest BCUT2D eigenvalue weighted by molar-refractivity contribution is -0.253. The van der Waals surface area contributed by atoms with Crippen LogP contribution in [-0.4, -0.2) is 23.6 Å². The predicted molar refractivity (Wildman–Crippen MR) is 139 cm³/mol. The number of hydrogen-bond acceptors (Lipinski definition) is 4. The first kappa shape index (κ1) is 27.9. The Hall–Kier alpha value is -4.11. The van der Waals surface area contributed by atoms with Crippen molar-refractivity contribution >= 4 is 17.7 Å². The highest BCUT2D eigenvalue weighted by Gasteiger charge is 2.45. The van der Waals surface area contributed by atoms with Crippen molar-refractivity contribution in [1.29, 1.82) is 0 Å². The average Bonchev–Trinajstić information content (AvgIpc) is 2.90. The standard InChI is InChI=1S/C29H23ClF4N2O3/c1-19-10-13-23(14-11-19)38-27(37)36-28(17-20-6-3-2-4-7-20,25-15-12-22(30)18-35-25)21-8-5-9-24(16-21)39-29(33,34)26(31)32/h2-16,18,26H,17H2,1H3,(H,36,37)/t28-/m1/s1. The molecule has 10 heteroatoms. The first-order chi connectivity index (χ1) is 18.6. The van der Waals surface area contributed by atoms with Gasteiger partial charge >= 0.3 is 18.6 Å². The van der Waals surface area contributed by atoms with Crippen molar-refractivity contribution in [3.05, 3.63) is 125 Å². The number of ether oxygens (including phenoxy) is 2. The van der Waals surface area contributed by atoms with Gasteiger partial charge in [0.15, 0.2) is 0 Å². The van der Waals surface area contributed by atoms with Gasteiger partial charge < -0.3 is 14.8 Å². The van der Waals surface area contributed by atoms with Crippen LogP contribution in [0.15, 0.2) is 97.2 Å². The molecular weight excluding hydrogens is 536 g/mol. The monoisotopic (exact) mass is 558 g/mol. The Labute approximate surface area is 227 Å². The highest BCUT2D eigenvalue weighted by atomic mass is 35.5. The molecule has 0 aliphatic carbocycles. The van der Waals surface area contributed by atoms with Crippen LogP contribution >= 0.6 is 11.6 Å². The fourth-order valence-corrected chi connectivity index (χ4v) is 4.10. The van der Waals surface area contributed by atoms with Gasteiger partial charge in [-0.2, -0.15) is 17.6 Å². The Balaban J connectivity index is 1.83. The number of nitrogens with zero attached hydrogens (tertiary/aromatic N) is 1. The van der Waals surface area contributed by atoms with Gasteiger partial charge in [0.2, 0.25) is 0 Å². The van der Waals surface area contributed by atoms with Crippen LogP contribution in [0.25, 0.3) is 0 Å². The third-order valence-electron chi connectivity index (χ3n) is 5.86. The first-order valence-corrected chi connectivity index (χ1v) is 12.1. The molecule has 4 rings (SSSR count). The zero-order chi connectivity index (χ0) is 28.0. The van der Waals surface area contributed by atoms with Crippen molar-refractivity contribution in [2.24, 2.45) is 0 Å². The molecule has 1 amide bonds. The second-order valence-corrected chi connectivity index (χ2v) is 9.19. The molecule has 1 N–H and O–H groups in total. The topological polar surface area (TPSA) is 60.5 Å². The molecule has 0 unspecified atom stereocenters. The fourth-order valence-electron chi connectivity index (χ4n) is 3.99. The molecule has 3 aromatic carbocycles. The number of carbonyl (C=O) groups excluding carboxylic acids is 1. The number of alkyl halides is 4. The molecule has 0 fully saturated rings. The van der Waals surface area contributed by atoms with E-state index in [-0.39, 0.29) is 23.4 Å². The molecule has 1 atom stereocenters. The molecule has 1 heterocycles. The van der Waals surface area contributed by atoms with Crippen LogP contribution in [0.5, 0.6) is 11.5 Å². The van der Waals surface area contributed by atoms with Crippen LogP contribution in [0.4, 0.5) is 22.4 Å². The van der Waals surface area contributed by atoms with Crippen molar-refractivity contribution in [1.82, 2.24) is 10.3 Å². The summed E-state index contributed by atoms with van der Waals surface area (Å²) in [6, 6.07) is 24.1. The van der Waals surface area contributed by atoms with Crippen LogP contribution in [0.1, 0.15) is 22.4 Å². The Morgan fingerprint density at radius 3 is 2.31 bits per heavy atom. The molecule has 4 aromatic rings. The number of benzene rings is 3. The molecule has 0 saturated heterocycles. The van der Waals surface area contributed by atoms with E-state index in [9.17, 15) is 22.4 Å². The van der Waals surface area contributed by atoms with Crippen LogP contribution in [0.3, 0.4) is 0 Å². The lowest BCUT2D eigenvalue weighted by Crippen LogP contribution is -2.50. The van der Waals surface area contributed by atoms with E-state index < -0.39 is 29.9 Å². The quantitative estimate of drug-likeness (QED) is 0.215. The molecule has 39 heavy (non-hydrogen) atoms. The number of pyridine rings is 1. The van der Waals surface area contributed by atoms with E-state index in [4.69, 9.17) is 16.3 Å². The van der Waals surface area contributed by atoms with E-state index in [0.717, 1.165) is 23.3 Å². The third kappa shape index (κ3) is 6.86. The maximum Gasteiger partial charge on any atom is 0.461 e. The number of amides is 1. The Kier molecular flexibility index (Phi) is 8.40. The number of hydrogen-bond donors (Lipinski definition) is 1. The summed E-state index contributed by atoms with van der Waals surface area (Å²) in [5, 5.41) is 3.17. The van der Waals surface area contributed by atoms with Crippen molar-refractivity contribution in [2.75, 3.05) is 0 Å². The van der Waals surface area contributed by atoms with E-state index >= 15 is 0 Å². The first-order valence-electron chi connectivity index (χ1n) is 11.8. The largest absolute Gasteiger partial charge is 0.461 e. The third-order valence-corrected chi connectivity index (χ3v) is 6.08. The van der Waals surface area contributed by atoms with Crippen molar-refractivity contribution in [3.8, 4) is 11.5 Å². The predicted octanol–water partition coefficient (Wildman–Crippen LogP) is 7.56. The van der Waals surface area contributed by atoms with E-state index in [2.05, 4.69) is 15.0 Å². The Morgan fingerprint density at radius 1 is 0.949 bits per heavy atom. The van der Waals surface area contributed by atoms with Crippen LogP contribution in [0.2, 0.25) is 5.02 Å². The summed E-state index contributed by atoms with van der Waals surface area (Å²) >= 11 is 6.07. The maximum atomic E-state index is 13.8. The number of carbonyl (C=O) groups is 1. The van der Waals surface area contributed by atoms with E-state index in [1.807, 2.05) is 25.1 Å². The average molecular weight is 559 g/mol. The van der Waals surface area contributed by atoms with Gasteiger partial charge in [-0.3, -0.25) is 4.98 Å². The van der Waals surface area contributed by atoms with Gasteiger partial charge in [-0.15, -0.1) is 0 Å². The zero-order valence-corrected chi connectivity index (χ0v) is 21.3.